The lowest BCUT2D eigenvalue weighted by molar-refractivity contribution is 0.0261. The maximum absolute atomic E-state index is 13.2. The Kier molecular flexibility index (Phi) is 15.9. The van der Waals surface area contributed by atoms with Gasteiger partial charge in [-0.05, 0) is 152 Å². The Morgan fingerprint density at radius 1 is 0.637 bits per heavy atom. The van der Waals surface area contributed by atoms with Gasteiger partial charge in [0.2, 0.25) is 0 Å². The summed E-state index contributed by atoms with van der Waals surface area (Å²) in [6, 6.07) is 21.8. The molecule has 6 aromatic heterocycles. The van der Waals surface area contributed by atoms with Crippen LogP contribution in [0.3, 0.4) is 0 Å². The van der Waals surface area contributed by atoms with E-state index in [1.165, 1.54) is 35.5 Å². The SMILES string of the molecule is C.CC(C)(C)OC(=O)N1C[C@@H](O)[C@@H](N)C1.Cn1c(-c2cc3cccnc3n2CC2CC2)nc2cc(C(=O)N[C@H]3CN(C(=O)OC(C)(C)C)C[C@H]3O)ccc21.Cn1c(-c2cc3cccnc3n2CC2CC2)nc2cc(C(=O)O)ccc21. The van der Waals surface area contributed by atoms with Gasteiger partial charge >= 0.3 is 18.2 Å². The molecule has 4 aliphatic rings. The van der Waals surface area contributed by atoms with E-state index in [-0.39, 0.29) is 44.6 Å². The maximum Gasteiger partial charge on any atom is 0.410 e. The van der Waals surface area contributed by atoms with Crippen LogP contribution in [0, 0.1) is 11.8 Å². The molecule has 0 spiro atoms. The van der Waals surface area contributed by atoms with Crippen molar-refractivity contribution >= 4 is 68.2 Å². The third-order valence-electron chi connectivity index (χ3n) is 14.6. The summed E-state index contributed by atoms with van der Waals surface area (Å²) < 4.78 is 19.1. The Morgan fingerprint density at radius 2 is 1.09 bits per heavy atom. The number of pyridine rings is 2. The van der Waals surface area contributed by atoms with Crippen molar-refractivity contribution in [1.82, 2.24) is 53.3 Å². The topological polar surface area (TPSA) is 263 Å². The summed E-state index contributed by atoms with van der Waals surface area (Å²) in [4.78, 5) is 70.1. The van der Waals surface area contributed by atoms with Gasteiger partial charge in [-0.15, -0.1) is 0 Å². The number of hydrogen-bond acceptors (Lipinski definition) is 13. The van der Waals surface area contributed by atoms with Gasteiger partial charge in [-0.1, -0.05) is 7.43 Å². The van der Waals surface area contributed by atoms with Crippen LogP contribution < -0.4 is 11.1 Å². The molecule has 2 aliphatic heterocycles. The number of aromatic nitrogens is 8. The molecule has 2 aromatic carbocycles. The molecule has 2 aliphatic carbocycles. The first-order valence-corrected chi connectivity index (χ1v) is 26.9. The Labute approximate surface area is 464 Å². The molecule has 0 unspecified atom stereocenters. The fourth-order valence-electron chi connectivity index (χ4n) is 10.1. The van der Waals surface area contributed by atoms with Crippen molar-refractivity contribution in [2.24, 2.45) is 31.7 Å². The first-order valence-electron chi connectivity index (χ1n) is 26.9. The lowest BCUT2D eigenvalue weighted by Gasteiger charge is -2.24. The van der Waals surface area contributed by atoms with Gasteiger partial charge in [-0.25, -0.2) is 34.3 Å². The lowest BCUT2D eigenvalue weighted by Crippen LogP contribution is -2.43. The highest BCUT2D eigenvalue weighted by Gasteiger charge is 2.38. The fourth-order valence-corrected chi connectivity index (χ4v) is 10.1. The first kappa shape index (κ1) is 56.8. The number of nitrogens with two attached hydrogens (primary N) is 1. The van der Waals surface area contributed by atoms with Crippen LogP contribution in [0.25, 0.3) is 67.2 Å². The number of aromatic carboxylic acids is 1. The Morgan fingerprint density at radius 3 is 1.52 bits per heavy atom. The summed E-state index contributed by atoms with van der Waals surface area (Å²) in [5, 5.41) is 34.1. The summed E-state index contributed by atoms with van der Waals surface area (Å²) >= 11 is 0. The van der Waals surface area contributed by atoms with Crippen LogP contribution in [0.5, 0.6) is 0 Å². The van der Waals surface area contributed by atoms with Gasteiger partial charge in [0.1, 0.15) is 22.5 Å². The van der Waals surface area contributed by atoms with Gasteiger partial charge in [0.15, 0.2) is 11.6 Å². The number of aliphatic hydroxyl groups excluding tert-OH is 2. The number of carboxylic acid groups (broad SMARTS) is 1. The Bertz CT molecular complexity index is 3600. The maximum atomic E-state index is 13.2. The molecule has 2 saturated heterocycles. The molecule has 8 aromatic rings. The van der Waals surface area contributed by atoms with Crippen molar-refractivity contribution in [1.29, 1.82) is 0 Å². The number of aliphatic hydroxyl groups is 2. The summed E-state index contributed by atoms with van der Waals surface area (Å²) in [5.41, 5.74) is 12.3. The minimum atomic E-state index is -0.939. The van der Waals surface area contributed by atoms with Crippen molar-refractivity contribution in [2.45, 2.75) is 123 Å². The monoisotopic (exact) mass is 1090 g/mol. The van der Waals surface area contributed by atoms with E-state index >= 15 is 0 Å². The van der Waals surface area contributed by atoms with E-state index in [9.17, 15) is 34.5 Å². The number of carbonyl (C=O) groups is 4. The minimum absolute atomic E-state index is 0. The molecule has 4 atom stereocenters. The summed E-state index contributed by atoms with van der Waals surface area (Å²) in [6.07, 6.45) is 6.20. The van der Waals surface area contributed by atoms with Crippen molar-refractivity contribution in [3.8, 4) is 23.0 Å². The van der Waals surface area contributed by atoms with E-state index in [0.29, 0.717) is 35.0 Å². The van der Waals surface area contributed by atoms with E-state index in [0.717, 1.165) is 69.2 Å². The number of aryl methyl sites for hydroxylation is 2. The highest BCUT2D eigenvalue weighted by Crippen LogP contribution is 2.38. The number of benzene rings is 2. The third kappa shape index (κ3) is 12.4. The molecule has 4 fully saturated rings. The number of ether oxygens (including phenoxy) is 2. The zero-order valence-corrected chi connectivity index (χ0v) is 46.0. The van der Waals surface area contributed by atoms with Crippen molar-refractivity contribution in [2.75, 3.05) is 26.2 Å². The van der Waals surface area contributed by atoms with Crippen molar-refractivity contribution in [3.05, 3.63) is 96.3 Å². The quantitative estimate of drug-likeness (QED) is 0.0918. The first-order chi connectivity index (χ1) is 37.5. The number of hydrogen-bond donors (Lipinski definition) is 5. The lowest BCUT2D eigenvalue weighted by atomic mass is 10.1. The van der Waals surface area contributed by atoms with Crippen LogP contribution in [0.1, 0.15) is 95.4 Å². The minimum Gasteiger partial charge on any atom is -0.478 e. The van der Waals surface area contributed by atoms with Crippen LogP contribution >= 0.6 is 0 Å². The summed E-state index contributed by atoms with van der Waals surface area (Å²) in [5.74, 6) is 1.77. The number of likely N-dealkylation sites (tertiary alicyclic amines) is 2. The standard InChI is InChI=1S/C29H34N6O4.C20H18N4O2.C9H18N2O3.CH4/c1-29(2,3)39-28(38)34-15-21(24(36)16-34)32-27(37)19-9-10-22-20(12-19)31-26(33(22)4)23-13-18-6-5-11-30-25(18)35(23)14-17-7-8-17;1-23-16-7-6-14(20(25)26)9-15(16)22-19(23)17-10-13-3-2-8-21-18(13)24(17)11-12-4-5-12;1-9(2,3)14-8(13)11-4-6(10)7(12)5-11;/h5-6,9-13,17,21,24,36H,7-8,14-16H2,1-4H3,(H,32,37);2-3,6-10,12H,4-5,11H2,1H3,(H,25,26);6-7,12H,4-5,10H2,1-3H3;1H4/t21-,24+;;6-,7+;/m0.0./s1. The van der Waals surface area contributed by atoms with Gasteiger partial charge in [-0.2, -0.15) is 0 Å². The number of β-amino-alcohol motifs (C(OH)–C–C–N with tert-alkyl or cyclic N) is 2. The summed E-state index contributed by atoms with van der Waals surface area (Å²) in [6.45, 7) is 13.5. The zero-order valence-electron chi connectivity index (χ0n) is 46.0. The van der Waals surface area contributed by atoms with Crippen LogP contribution in [0.2, 0.25) is 0 Å². The molecular weight excluding hydrogens is 1020 g/mol. The van der Waals surface area contributed by atoms with Crippen LogP contribution in [0.15, 0.2) is 85.2 Å². The molecule has 21 nitrogen and oxygen atoms in total. The second-order valence-corrected chi connectivity index (χ2v) is 23.3. The fraction of sp³-hybridized carbons (Fsp3) is 0.458. The number of rotatable bonds is 9. The molecule has 0 radical (unpaired) electrons. The van der Waals surface area contributed by atoms with Gasteiger partial charge in [0, 0.05) is 69.0 Å². The van der Waals surface area contributed by atoms with E-state index < -0.39 is 47.6 Å². The number of amides is 3. The second kappa shape index (κ2) is 22.3. The predicted molar refractivity (Wildman–Crippen MR) is 305 cm³/mol. The Balaban J connectivity index is 0.000000162. The van der Waals surface area contributed by atoms with Gasteiger partial charge in [0.05, 0.1) is 76.4 Å². The number of carboxylic acids is 1. The van der Waals surface area contributed by atoms with Crippen LogP contribution in [-0.2, 0) is 36.7 Å². The van der Waals surface area contributed by atoms with Crippen molar-refractivity contribution < 1.29 is 44.0 Å². The molecule has 12 rings (SSSR count). The average molecular weight is 1100 g/mol. The van der Waals surface area contributed by atoms with E-state index in [1.807, 2.05) is 59.9 Å². The molecule has 21 heteroatoms. The van der Waals surface area contributed by atoms with E-state index in [2.05, 4.69) is 48.7 Å². The van der Waals surface area contributed by atoms with Crippen LogP contribution in [0.4, 0.5) is 9.59 Å². The number of nitrogens with zero attached hydrogens (tertiary/aromatic N) is 10. The molecular formula is C59H74N12O9. The van der Waals surface area contributed by atoms with Gasteiger partial charge < -0.3 is 63.9 Å². The molecule has 3 amide bonds. The largest absolute Gasteiger partial charge is 0.478 e. The van der Waals surface area contributed by atoms with Gasteiger partial charge in [0.25, 0.3) is 5.91 Å². The predicted octanol–water partition coefficient (Wildman–Crippen LogP) is 7.97. The smallest absolute Gasteiger partial charge is 0.410 e. The number of imidazole rings is 2. The van der Waals surface area contributed by atoms with E-state index in [1.54, 1.807) is 65.8 Å². The molecule has 8 heterocycles. The number of nitrogens with one attached hydrogen (secondary N) is 1. The van der Waals surface area contributed by atoms with Crippen molar-refractivity contribution in [3.63, 3.8) is 0 Å². The summed E-state index contributed by atoms with van der Waals surface area (Å²) in [7, 11) is 3.95. The third-order valence-corrected chi connectivity index (χ3v) is 14.6. The number of carbonyl (C=O) groups excluding carboxylic acids is 3. The zero-order chi connectivity index (χ0) is 56.2. The molecule has 2 saturated carbocycles. The highest BCUT2D eigenvalue weighted by atomic mass is 16.6. The molecule has 424 valence electrons. The number of fused-ring (bicyclic) bond motifs is 4. The second-order valence-electron chi connectivity index (χ2n) is 23.3. The average Bonchev–Trinajstić information content (AvgIpc) is 4.35. The van der Waals surface area contributed by atoms with Crippen LogP contribution in [-0.4, -0.2) is 149 Å². The molecule has 6 N–H and O–H groups in total. The molecule has 0 bridgehead atoms. The normalized spacial score (nSPS) is 19.1. The van der Waals surface area contributed by atoms with E-state index in [4.69, 9.17) is 25.2 Å². The highest BCUT2D eigenvalue weighted by molar-refractivity contribution is 5.98. The van der Waals surface area contributed by atoms with Gasteiger partial charge in [-0.3, -0.25) is 4.79 Å². The Hall–Kier alpha value is -7.88. The molecule has 80 heavy (non-hydrogen) atoms.